The summed E-state index contributed by atoms with van der Waals surface area (Å²) in [6, 6.07) is 14.9. The highest BCUT2D eigenvalue weighted by Crippen LogP contribution is 2.34. The first-order valence-electron chi connectivity index (χ1n) is 10.8. The van der Waals surface area contributed by atoms with E-state index >= 15 is 0 Å². The fourth-order valence-corrected chi connectivity index (χ4v) is 3.98. The zero-order valence-corrected chi connectivity index (χ0v) is 18.1. The number of allylic oxidation sites excluding steroid dienone is 1. The molecular formula is C27H25F3O2. The van der Waals surface area contributed by atoms with E-state index in [0.29, 0.717) is 23.3 Å². The van der Waals surface area contributed by atoms with Crippen LogP contribution in [0.5, 0.6) is 5.75 Å². The maximum atomic E-state index is 14.9. The van der Waals surface area contributed by atoms with Crippen LogP contribution in [0.1, 0.15) is 38.2 Å². The summed E-state index contributed by atoms with van der Waals surface area (Å²) in [5, 5.41) is 0. The van der Waals surface area contributed by atoms with Crippen molar-refractivity contribution >= 4 is 0 Å². The highest BCUT2D eigenvalue weighted by Gasteiger charge is 2.21. The molecule has 2 nitrogen and oxygen atoms in total. The summed E-state index contributed by atoms with van der Waals surface area (Å²) in [4.78, 5) is 0. The Morgan fingerprint density at radius 3 is 2.19 bits per heavy atom. The van der Waals surface area contributed by atoms with Crippen molar-refractivity contribution in [3.63, 3.8) is 0 Å². The summed E-state index contributed by atoms with van der Waals surface area (Å²) in [5.41, 5.74) is 2.68. The summed E-state index contributed by atoms with van der Waals surface area (Å²) >= 11 is 0. The Morgan fingerprint density at radius 2 is 1.56 bits per heavy atom. The molecule has 0 amide bonds. The molecule has 3 aromatic rings. The minimum absolute atomic E-state index is 0.115. The SMILES string of the molecule is C/C=C\Oc1ccc(-c2ccc(-c3ccc(C4CCC(C)OC4)cc3F)cc2)c(F)c1F. The summed E-state index contributed by atoms with van der Waals surface area (Å²) in [6.07, 6.45) is 5.07. The summed E-state index contributed by atoms with van der Waals surface area (Å²) in [5.74, 6) is -2.32. The molecule has 0 spiro atoms. The summed E-state index contributed by atoms with van der Waals surface area (Å²) in [6.45, 7) is 4.37. The number of benzene rings is 3. The smallest absolute Gasteiger partial charge is 0.201 e. The molecule has 4 rings (SSSR count). The Bertz CT molecular complexity index is 1110. The number of rotatable bonds is 5. The van der Waals surface area contributed by atoms with E-state index in [0.717, 1.165) is 18.4 Å². The van der Waals surface area contributed by atoms with Gasteiger partial charge in [0.15, 0.2) is 11.6 Å². The number of ether oxygens (including phenoxy) is 2. The first kappa shape index (κ1) is 22.2. The zero-order valence-electron chi connectivity index (χ0n) is 18.1. The van der Waals surface area contributed by atoms with E-state index in [9.17, 15) is 13.2 Å². The molecule has 1 saturated heterocycles. The molecule has 2 atom stereocenters. The van der Waals surface area contributed by atoms with Crippen molar-refractivity contribution in [2.75, 3.05) is 6.61 Å². The molecular weight excluding hydrogens is 413 g/mol. The van der Waals surface area contributed by atoms with Gasteiger partial charge in [-0.2, -0.15) is 4.39 Å². The second-order valence-corrected chi connectivity index (χ2v) is 8.06. The molecule has 1 aliphatic rings. The summed E-state index contributed by atoms with van der Waals surface area (Å²) < 4.78 is 54.5. The van der Waals surface area contributed by atoms with Gasteiger partial charge in [-0.1, -0.05) is 42.5 Å². The van der Waals surface area contributed by atoms with E-state index < -0.39 is 11.6 Å². The Labute approximate surface area is 186 Å². The molecule has 3 aromatic carbocycles. The lowest BCUT2D eigenvalue weighted by Crippen LogP contribution is -2.22. The van der Waals surface area contributed by atoms with E-state index in [1.165, 1.54) is 18.4 Å². The van der Waals surface area contributed by atoms with E-state index in [1.54, 1.807) is 49.4 Å². The molecule has 0 aliphatic carbocycles. The zero-order chi connectivity index (χ0) is 22.7. The topological polar surface area (TPSA) is 18.5 Å². The van der Waals surface area contributed by atoms with Gasteiger partial charge in [0.05, 0.1) is 19.0 Å². The van der Waals surface area contributed by atoms with Crippen LogP contribution in [0.15, 0.2) is 66.9 Å². The van der Waals surface area contributed by atoms with Crippen molar-refractivity contribution in [3.8, 4) is 28.0 Å². The third-order valence-electron chi connectivity index (χ3n) is 5.85. The van der Waals surface area contributed by atoms with Gasteiger partial charge in [-0.25, -0.2) is 8.78 Å². The molecule has 1 aliphatic heterocycles. The molecule has 0 N–H and O–H groups in total. The van der Waals surface area contributed by atoms with Crippen LogP contribution in [0.2, 0.25) is 0 Å². The first-order chi connectivity index (χ1) is 15.5. The van der Waals surface area contributed by atoms with Crippen LogP contribution in [-0.4, -0.2) is 12.7 Å². The number of hydrogen-bond donors (Lipinski definition) is 0. The Morgan fingerprint density at radius 1 is 0.875 bits per heavy atom. The lowest BCUT2D eigenvalue weighted by Gasteiger charge is -2.27. The fraction of sp³-hybridized carbons (Fsp3) is 0.259. The standard InChI is InChI=1S/C27H25F3O2/c1-3-14-31-25-13-12-23(26(29)27(25)30)19-8-6-18(7-9-19)22-11-10-20(15-24(22)28)21-5-4-17(2)32-16-21/h3,6-15,17,21H,4-5,16H2,1-2H3/b14-3-. The Kier molecular flexibility index (Phi) is 6.66. The van der Waals surface area contributed by atoms with E-state index in [-0.39, 0.29) is 29.2 Å². The van der Waals surface area contributed by atoms with Gasteiger partial charge in [0, 0.05) is 17.0 Å². The maximum Gasteiger partial charge on any atom is 0.201 e. The van der Waals surface area contributed by atoms with Crippen LogP contribution >= 0.6 is 0 Å². The van der Waals surface area contributed by atoms with Gasteiger partial charge in [0.25, 0.3) is 0 Å². The Hall–Kier alpha value is -3.05. The van der Waals surface area contributed by atoms with Crippen molar-refractivity contribution in [1.82, 2.24) is 0 Å². The molecule has 1 fully saturated rings. The summed E-state index contributed by atoms with van der Waals surface area (Å²) in [7, 11) is 0. The van der Waals surface area contributed by atoms with Crippen LogP contribution in [-0.2, 0) is 4.74 Å². The van der Waals surface area contributed by atoms with Crippen molar-refractivity contribution < 1.29 is 22.6 Å². The van der Waals surface area contributed by atoms with Crippen molar-refractivity contribution in [2.24, 2.45) is 0 Å². The largest absolute Gasteiger partial charge is 0.462 e. The van der Waals surface area contributed by atoms with Gasteiger partial charge in [-0.3, -0.25) is 0 Å². The van der Waals surface area contributed by atoms with E-state index in [4.69, 9.17) is 9.47 Å². The van der Waals surface area contributed by atoms with Crippen LogP contribution in [0.4, 0.5) is 13.2 Å². The molecule has 32 heavy (non-hydrogen) atoms. The number of halogens is 3. The molecule has 1 heterocycles. The third-order valence-corrected chi connectivity index (χ3v) is 5.85. The second kappa shape index (κ2) is 9.61. The highest BCUT2D eigenvalue weighted by molar-refractivity contribution is 5.71. The molecule has 2 unspecified atom stereocenters. The fourth-order valence-electron chi connectivity index (χ4n) is 3.98. The first-order valence-corrected chi connectivity index (χ1v) is 10.8. The van der Waals surface area contributed by atoms with Gasteiger partial charge in [0.1, 0.15) is 5.82 Å². The highest BCUT2D eigenvalue weighted by atomic mass is 19.2. The normalized spacial score (nSPS) is 18.8. The molecule has 0 saturated carbocycles. The lowest BCUT2D eigenvalue weighted by molar-refractivity contribution is 0.0154. The average Bonchev–Trinajstić information content (AvgIpc) is 2.81. The number of hydrogen-bond acceptors (Lipinski definition) is 2. The predicted molar refractivity (Wildman–Crippen MR) is 120 cm³/mol. The van der Waals surface area contributed by atoms with Gasteiger partial charge in [-0.05, 0) is 61.6 Å². The molecule has 166 valence electrons. The predicted octanol–water partition coefficient (Wildman–Crippen LogP) is 7.63. The lowest BCUT2D eigenvalue weighted by atomic mass is 9.90. The monoisotopic (exact) mass is 438 g/mol. The average molecular weight is 438 g/mol. The van der Waals surface area contributed by atoms with Crippen LogP contribution in [0, 0.1) is 17.5 Å². The van der Waals surface area contributed by atoms with Gasteiger partial charge >= 0.3 is 0 Å². The molecule has 0 aromatic heterocycles. The van der Waals surface area contributed by atoms with Crippen molar-refractivity contribution in [1.29, 1.82) is 0 Å². The van der Waals surface area contributed by atoms with Crippen LogP contribution in [0.3, 0.4) is 0 Å². The Balaban J connectivity index is 1.56. The van der Waals surface area contributed by atoms with Crippen LogP contribution < -0.4 is 4.74 Å². The van der Waals surface area contributed by atoms with E-state index in [1.807, 2.05) is 6.07 Å². The van der Waals surface area contributed by atoms with Crippen LogP contribution in [0.25, 0.3) is 22.3 Å². The maximum absolute atomic E-state index is 14.9. The van der Waals surface area contributed by atoms with E-state index in [2.05, 4.69) is 6.92 Å². The van der Waals surface area contributed by atoms with Crippen molar-refractivity contribution in [3.05, 3.63) is 90.0 Å². The minimum atomic E-state index is -1.05. The van der Waals surface area contributed by atoms with Gasteiger partial charge < -0.3 is 9.47 Å². The van der Waals surface area contributed by atoms with Gasteiger partial charge in [-0.15, -0.1) is 0 Å². The molecule has 5 heteroatoms. The second-order valence-electron chi connectivity index (χ2n) is 8.06. The van der Waals surface area contributed by atoms with Gasteiger partial charge in [0.2, 0.25) is 5.82 Å². The molecule has 0 radical (unpaired) electrons. The van der Waals surface area contributed by atoms with Crippen molar-refractivity contribution in [2.45, 2.75) is 38.7 Å². The minimum Gasteiger partial charge on any atom is -0.462 e. The third kappa shape index (κ3) is 4.58. The molecule has 0 bridgehead atoms. The quantitative estimate of drug-likeness (QED) is 0.381.